The first-order valence-corrected chi connectivity index (χ1v) is 7.99. The van der Waals surface area contributed by atoms with Crippen molar-refractivity contribution < 1.29 is 0 Å². The van der Waals surface area contributed by atoms with Crippen molar-refractivity contribution in [2.24, 2.45) is 11.8 Å². The van der Waals surface area contributed by atoms with Crippen molar-refractivity contribution in [1.82, 2.24) is 5.32 Å². The summed E-state index contributed by atoms with van der Waals surface area (Å²) in [6.45, 7) is 5.49. The third kappa shape index (κ3) is 3.78. The standard InChI is InChI=1S/C15H20Cl3N/c1-9-3-4-11(7-9)8-19-10(2)12-5-6-13(16)15(18)14(12)17/h5-6,9-11,19H,3-4,7-8H2,1-2H3. The normalized spacial score (nSPS) is 24.7. The molecule has 1 aromatic carbocycles. The molecule has 19 heavy (non-hydrogen) atoms. The molecule has 4 heteroatoms. The van der Waals surface area contributed by atoms with Crippen molar-refractivity contribution in [1.29, 1.82) is 0 Å². The Labute approximate surface area is 130 Å². The molecule has 1 aliphatic carbocycles. The molecule has 0 radical (unpaired) electrons. The van der Waals surface area contributed by atoms with Crippen LogP contribution in [0, 0.1) is 11.8 Å². The molecule has 1 aromatic rings. The minimum Gasteiger partial charge on any atom is -0.310 e. The Morgan fingerprint density at radius 3 is 2.58 bits per heavy atom. The van der Waals surface area contributed by atoms with Crippen LogP contribution in [-0.4, -0.2) is 6.54 Å². The highest BCUT2D eigenvalue weighted by molar-refractivity contribution is 6.48. The van der Waals surface area contributed by atoms with Gasteiger partial charge in [0.25, 0.3) is 0 Å². The average molecular weight is 321 g/mol. The zero-order chi connectivity index (χ0) is 14.0. The van der Waals surface area contributed by atoms with E-state index in [0.29, 0.717) is 15.1 Å². The van der Waals surface area contributed by atoms with Gasteiger partial charge in [-0.15, -0.1) is 0 Å². The smallest absolute Gasteiger partial charge is 0.0781 e. The van der Waals surface area contributed by atoms with Gasteiger partial charge in [-0.25, -0.2) is 0 Å². The van der Waals surface area contributed by atoms with Crippen LogP contribution in [0.4, 0.5) is 0 Å². The predicted molar refractivity (Wildman–Crippen MR) is 84.4 cm³/mol. The third-order valence-electron chi connectivity index (χ3n) is 4.05. The molecule has 2 rings (SSSR count). The summed E-state index contributed by atoms with van der Waals surface area (Å²) in [7, 11) is 0. The molecule has 3 atom stereocenters. The van der Waals surface area contributed by atoms with Gasteiger partial charge in [0, 0.05) is 6.04 Å². The lowest BCUT2D eigenvalue weighted by molar-refractivity contribution is 0.440. The lowest BCUT2D eigenvalue weighted by Gasteiger charge is -2.19. The lowest BCUT2D eigenvalue weighted by atomic mass is 10.0. The van der Waals surface area contributed by atoms with Gasteiger partial charge in [-0.1, -0.05) is 54.2 Å². The third-order valence-corrected chi connectivity index (χ3v) is 5.36. The largest absolute Gasteiger partial charge is 0.310 e. The Bertz CT molecular complexity index is 447. The van der Waals surface area contributed by atoms with Crippen molar-refractivity contribution in [3.63, 3.8) is 0 Å². The van der Waals surface area contributed by atoms with Crippen LogP contribution in [0.5, 0.6) is 0 Å². The van der Waals surface area contributed by atoms with E-state index >= 15 is 0 Å². The fourth-order valence-corrected chi connectivity index (χ4v) is 3.55. The molecule has 1 aliphatic rings. The van der Waals surface area contributed by atoms with E-state index in [1.165, 1.54) is 19.3 Å². The predicted octanol–water partition coefficient (Wildman–Crippen LogP) is 5.73. The SMILES string of the molecule is CC1CCC(CNC(C)c2ccc(Cl)c(Cl)c2Cl)C1. The summed E-state index contributed by atoms with van der Waals surface area (Å²) < 4.78 is 0. The summed E-state index contributed by atoms with van der Waals surface area (Å²) in [6.07, 6.45) is 4.01. The first-order chi connectivity index (χ1) is 8.99. The van der Waals surface area contributed by atoms with Crippen molar-refractivity contribution in [2.75, 3.05) is 6.54 Å². The quantitative estimate of drug-likeness (QED) is 0.698. The van der Waals surface area contributed by atoms with Crippen molar-refractivity contribution in [2.45, 2.75) is 39.2 Å². The average Bonchev–Trinajstić information content (AvgIpc) is 2.79. The van der Waals surface area contributed by atoms with Crippen LogP contribution in [0.1, 0.15) is 44.7 Å². The molecule has 0 spiro atoms. The highest BCUT2D eigenvalue weighted by atomic mass is 35.5. The molecule has 0 amide bonds. The molecular weight excluding hydrogens is 301 g/mol. The first kappa shape index (κ1) is 15.4. The summed E-state index contributed by atoms with van der Waals surface area (Å²) >= 11 is 18.3. The van der Waals surface area contributed by atoms with Gasteiger partial charge in [0.15, 0.2) is 0 Å². The van der Waals surface area contributed by atoms with Crippen molar-refractivity contribution in [3.8, 4) is 0 Å². The second kappa shape index (κ2) is 6.67. The maximum absolute atomic E-state index is 6.26. The number of nitrogens with one attached hydrogen (secondary N) is 1. The van der Waals surface area contributed by atoms with E-state index in [-0.39, 0.29) is 6.04 Å². The monoisotopic (exact) mass is 319 g/mol. The van der Waals surface area contributed by atoms with E-state index in [1.54, 1.807) is 6.07 Å². The zero-order valence-electron chi connectivity index (χ0n) is 11.3. The van der Waals surface area contributed by atoms with Gasteiger partial charge >= 0.3 is 0 Å². The molecule has 0 heterocycles. The van der Waals surface area contributed by atoms with Crippen LogP contribution in [0.15, 0.2) is 12.1 Å². The minimum atomic E-state index is 0.193. The number of hydrogen-bond donors (Lipinski definition) is 1. The molecule has 0 aliphatic heterocycles. The van der Waals surface area contributed by atoms with Gasteiger partial charge in [0.05, 0.1) is 15.1 Å². The minimum absolute atomic E-state index is 0.193. The van der Waals surface area contributed by atoms with E-state index in [4.69, 9.17) is 34.8 Å². The molecule has 0 bridgehead atoms. The van der Waals surface area contributed by atoms with Crippen LogP contribution in [-0.2, 0) is 0 Å². The number of benzene rings is 1. The molecule has 0 saturated heterocycles. The first-order valence-electron chi connectivity index (χ1n) is 6.85. The maximum Gasteiger partial charge on any atom is 0.0781 e. The molecule has 1 fully saturated rings. The Kier molecular flexibility index (Phi) is 5.42. The second-order valence-electron chi connectivity index (χ2n) is 5.68. The molecule has 1 saturated carbocycles. The van der Waals surface area contributed by atoms with Crippen molar-refractivity contribution >= 4 is 34.8 Å². The van der Waals surface area contributed by atoms with Crippen LogP contribution in [0.3, 0.4) is 0 Å². The summed E-state index contributed by atoms with van der Waals surface area (Å²) in [5.41, 5.74) is 1.02. The van der Waals surface area contributed by atoms with E-state index in [2.05, 4.69) is 19.2 Å². The van der Waals surface area contributed by atoms with E-state index < -0.39 is 0 Å². The van der Waals surface area contributed by atoms with Gasteiger partial charge < -0.3 is 5.32 Å². The molecule has 0 aromatic heterocycles. The molecule has 1 nitrogen and oxygen atoms in total. The Morgan fingerprint density at radius 1 is 1.21 bits per heavy atom. The molecule has 3 unspecified atom stereocenters. The lowest BCUT2D eigenvalue weighted by Crippen LogP contribution is -2.25. The van der Waals surface area contributed by atoms with E-state index in [1.807, 2.05) is 6.07 Å². The Morgan fingerprint density at radius 2 is 1.95 bits per heavy atom. The fourth-order valence-electron chi connectivity index (χ4n) is 2.84. The molecular formula is C15H20Cl3N. The van der Waals surface area contributed by atoms with Crippen LogP contribution >= 0.6 is 34.8 Å². The van der Waals surface area contributed by atoms with E-state index in [0.717, 1.165) is 23.9 Å². The highest BCUT2D eigenvalue weighted by Gasteiger charge is 2.22. The fraction of sp³-hybridized carbons (Fsp3) is 0.600. The summed E-state index contributed by atoms with van der Waals surface area (Å²) in [5, 5.41) is 5.08. The number of rotatable bonds is 4. The number of hydrogen-bond acceptors (Lipinski definition) is 1. The zero-order valence-corrected chi connectivity index (χ0v) is 13.6. The summed E-state index contributed by atoms with van der Waals surface area (Å²) in [4.78, 5) is 0. The van der Waals surface area contributed by atoms with Gasteiger partial charge in [0.1, 0.15) is 0 Å². The van der Waals surface area contributed by atoms with Gasteiger partial charge in [-0.2, -0.15) is 0 Å². The van der Waals surface area contributed by atoms with Crippen LogP contribution < -0.4 is 5.32 Å². The highest BCUT2D eigenvalue weighted by Crippen LogP contribution is 2.36. The molecule has 106 valence electrons. The van der Waals surface area contributed by atoms with Gasteiger partial charge in [-0.05, 0) is 49.8 Å². The summed E-state index contributed by atoms with van der Waals surface area (Å²) in [6, 6.07) is 3.95. The maximum atomic E-state index is 6.26. The van der Waals surface area contributed by atoms with E-state index in [9.17, 15) is 0 Å². The van der Waals surface area contributed by atoms with Gasteiger partial charge in [0.2, 0.25) is 0 Å². The summed E-state index contributed by atoms with van der Waals surface area (Å²) in [5.74, 6) is 1.66. The Hall–Kier alpha value is 0.0500. The van der Waals surface area contributed by atoms with Crippen molar-refractivity contribution in [3.05, 3.63) is 32.8 Å². The topological polar surface area (TPSA) is 12.0 Å². The number of halogens is 3. The van der Waals surface area contributed by atoms with Gasteiger partial charge in [-0.3, -0.25) is 0 Å². The second-order valence-corrected chi connectivity index (χ2v) is 6.84. The Balaban J connectivity index is 1.96. The van der Waals surface area contributed by atoms with Crippen LogP contribution in [0.2, 0.25) is 15.1 Å². The van der Waals surface area contributed by atoms with Crippen LogP contribution in [0.25, 0.3) is 0 Å². The molecule has 1 N–H and O–H groups in total.